The van der Waals surface area contributed by atoms with E-state index in [2.05, 4.69) is 5.10 Å². The molecule has 1 saturated heterocycles. The summed E-state index contributed by atoms with van der Waals surface area (Å²) in [5.41, 5.74) is 0.587. The molecule has 7 heteroatoms. The van der Waals surface area contributed by atoms with Gasteiger partial charge < -0.3 is 10.0 Å². The molecule has 7 nitrogen and oxygen atoms in total. The first-order chi connectivity index (χ1) is 8.97. The molecule has 0 saturated carbocycles. The lowest BCUT2D eigenvalue weighted by Crippen LogP contribution is -2.34. The molecule has 2 rings (SSSR count). The monoisotopic (exact) mass is 268 g/mol. The number of aryl methyl sites for hydroxylation is 1. The first-order valence-corrected chi connectivity index (χ1v) is 6.56. The zero-order valence-electron chi connectivity index (χ0n) is 11.5. The number of nitro groups is 1. The second-order valence-corrected chi connectivity index (χ2v) is 5.26. The molecule has 1 aliphatic heterocycles. The van der Waals surface area contributed by atoms with Crippen LogP contribution in [-0.2, 0) is 7.05 Å². The Labute approximate surface area is 112 Å². The van der Waals surface area contributed by atoms with Crippen molar-refractivity contribution in [3.05, 3.63) is 15.8 Å². The van der Waals surface area contributed by atoms with E-state index >= 15 is 0 Å². The lowest BCUT2D eigenvalue weighted by molar-refractivity contribution is -0.385. The molecule has 1 N–H and O–H groups in total. The minimum atomic E-state index is -0.357. The minimum absolute atomic E-state index is 0.00414. The maximum Gasteiger partial charge on any atom is 0.334 e. The van der Waals surface area contributed by atoms with Crippen LogP contribution in [0.3, 0.4) is 0 Å². The van der Waals surface area contributed by atoms with Gasteiger partial charge in [0.15, 0.2) is 0 Å². The second kappa shape index (κ2) is 5.16. The molecule has 1 atom stereocenters. The van der Waals surface area contributed by atoms with Crippen molar-refractivity contribution in [3.63, 3.8) is 0 Å². The molecule has 0 aliphatic carbocycles. The van der Waals surface area contributed by atoms with Gasteiger partial charge in [-0.15, -0.1) is 0 Å². The summed E-state index contributed by atoms with van der Waals surface area (Å²) in [5, 5.41) is 25.1. The van der Waals surface area contributed by atoms with Gasteiger partial charge in [-0.2, -0.15) is 5.10 Å². The maximum atomic E-state index is 11.4. The maximum absolute atomic E-state index is 11.4. The van der Waals surface area contributed by atoms with Crippen molar-refractivity contribution in [2.75, 3.05) is 18.1 Å². The van der Waals surface area contributed by atoms with Crippen LogP contribution in [0.15, 0.2) is 0 Å². The summed E-state index contributed by atoms with van der Waals surface area (Å²) in [6.45, 7) is 4.53. The first kappa shape index (κ1) is 13.8. The molecule has 106 valence electrons. The van der Waals surface area contributed by atoms with Gasteiger partial charge in [-0.3, -0.25) is 10.1 Å². The lowest BCUT2D eigenvalue weighted by Gasteiger charge is -2.24. The van der Waals surface area contributed by atoms with E-state index in [1.54, 1.807) is 11.7 Å². The largest absolute Gasteiger partial charge is 0.394 e. The van der Waals surface area contributed by atoms with E-state index in [1.807, 2.05) is 18.7 Å². The molecule has 0 aromatic carbocycles. The number of hydrogen-bond acceptors (Lipinski definition) is 5. The Hall–Kier alpha value is -1.63. The molecule has 1 aliphatic rings. The molecule has 0 spiro atoms. The van der Waals surface area contributed by atoms with Crippen molar-refractivity contribution in [3.8, 4) is 0 Å². The third-order valence-electron chi connectivity index (χ3n) is 3.61. The van der Waals surface area contributed by atoms with Crippen LogP contribution >= 0.6 is 0 Å². The lowest BCUT2D eigenvalue weighted by atomic mass is 10.1. The van der Waals surface area contributed by atoms with Crippen molar-refractivity contribution >= 4 is 11.5 Å². The quantitative estimate of drug-likeness (QED) is 0.659. The predicted molar refractivity (Wildman–Crippen MR) is 71.4 cm³/mol. The van der Waals surface area contributed by atoms with Gasteiger partial charge in [-0.05, 0) is 12.8 Å². The molecule has 1 aromatic heterocycles. The predicted octanol–water partition coefficient (Wildman–Crippen LogP) is 1.41. The van der Waals surface area contributed by atoms with E-state index in [1.165, 1.54) is 0 Å². The van der Waals surface area contributed by atoms with Crippen LogP contribution in [0.25, 0.3) is 0 Å². The number of aliphatic hydroxyl groups excluding tert-OH is 1. The summed E-state index contributed by atoms with van der Waals surface area (Å²) in [4.78, 5) is 12.9. The van der Waals surface area contributed by atoms with Crippen LogP contribution in [-0.4, -0.2) is 39.0 Å². The van der Waals surface area contributed by atoms with Crippen LogP contribution in [0.1, 0.15) is 38.3 Å². The van der Waals surface area contributed by atoms with Gasteiger partial charge in [0, 0.05) is 19.5 Å². The van der Waals surface area contributed by atoms with Crippen molar-refractivity contribution in [2.45, 2.75) is 38.6 Å². The highest BCUT2D eigenvalue weighted by Crippen LogP contribution is 2.38. The summed E-state index contributed by atoms with van der Waals surface area (Å²) in [6, 6.07) is -0.0471. The van der Waals surface area contributed by atoms with Crippen LogP contribution in [0.4, 0.5) is 11.5 Å². The van der Waals surface area contributed by atoms with Crippen molar-refractivity contribution in [1.29, 1.82) is 0 Å². The Morgan fingerprint density at radius 2 is 2.26 bits per heavy atom. The molecule has 1 aromatic rings. The third kappa shape index (κ3) is 2.30. The summed E-state index contributed by atoms with van der Waals surface area (Å²) in [5.74, 6) is 0.515. The highest BCUT2D eigenvalue weighted by Gasteiger charge is 2.36. The highest BCUT2D eigenvalue weighted by molar-refractivity contribution is 5.63. The average molecular weight is 268 g/mol. The number of rotatable bonds is 4. The number of aliphatic hydroxyl groups is 1. The Kier molecular flexibility index (Phi) is 3.75. The summed E-state index contributed by atoms with van der Waals surface area (Å²) >= 11 is 0. The van der Waals surface area contributed by atoms with Gasteiger partial charge in [0.1, 0.15) is 5.69 Å². The Morgan fingerprint density at radius 3 is 2.79 bits per heavy atom. The molecule has 0 bridgehead atoms. The molecule has 0 radical (unpaired) electrons. The van der Waals surface area contributed by atoms with Crippen molar-refractivity contribution in [1.82, 2.24) is 9.78 Å². The highest BCUT2D eigenvalue weighted by atomic mass is 16.6. The molecular formula is C12H20N4O3. The molecular weight excluding hydrogens is 248 g/mol. The van der Waals surface area contributed by atoms with Crippen molar-refractivity contribution < 1.29 is 10.0 Å². The fraction of sp³-hybridized carbons (Fsp3) is 0.750. The van der Waals surface area contributed by atoms with Crippen LogP contribution in [0.5, 0.6) is 0 Å². The van der Waals surface area contributed by atoms with Crippen LogP contribution < -0.4 is 4.90 Å². The Bertz CT molecular complexity index is 484. The first-order valence-electron chi connectivity index (χ1n) is 6.56. The van der Waals surface area contributed by atoms with E-state index < -0.39 is 0 Å². The SMILES string of the molecule is CC(C)c1nn(C)c(N2CCCC2CO)c1[N+](=O)[O-]. The second-order valence-electron chi connectivity index (χ2n) is 5.26. The van der Waals surface area contributed by atoms with E-state index in [9.17, 15) is 15.2 Å². The van der Waals surface area contributed by atoms with E-state index in [-0.39, 0.29) is 29.2 Å². The molecule has 0 amide bonds. The summed E-state index contributed by atoms with van der Waals surface area (Å²) in [7, 11) is 1.72. The average Bonchev–Trinajstić information content (AvgIpc) is 2.91. The number of nitrogens with zero attached hydrogens (tertiary/aromatic N) is 4. The Morgan fingerprint density at radius 1 is 1.58 bits per heavy atom. The van der Waals surface area contributed by atoms with Crippen LogP contribution in [0, 0.1) is 10.1 Å². The van der Waals surface area contributed by atoms with Gasteiger partial charge in [-0.25, -0.2) is 4.68 Å². The van der Waals surface area contributed by atoms with Crippen LogP contribution in [0.2, 0.25) is 0 Å². The molecule has 1 unspecified atom stereocenters. The zero-order valence-corrected chi connectivity index (χ0v) is 11.5. The van der Waals surface area contributed by atoms with Gasteiger partial charge in [0.05, 0.1) is 17.6 Å². The standard InChI is InChI=1S/C12H20N4O3/c1-8(2)10-11(16(18)19)12(14(3)13-10)15-6-4-5-9(15)7-17/h8-9,17H,4-7H2,1-3H3. The summed E-state index contributed by atoms with van der Waals surface area (Å²) in [6.07, 6.45) is 1.79. The molecule has 2 heterocycles. The van der Waals surface area contributed by atoms with Gasteiger partial charge in [0.25, 0.3) is 0 Å². The number of hydrogen-bond donors (Lipinski definition) is 1. The van der Waals surface area contributed by atoms with Gasteiger partial charge >= 0.3 is 5.69 Å². The number of aromatic nitrogens is 2. The zero-order chi connectivity index (χ0) is 14.2. The molecule has 19 heavy (non-hydrogen) atoms. The summed E-state index contributed by atoms with van der Waals surface area (Å²) < 4.78 is 1.57. The topological polar surface area (TPSA) is 84.4 Å². The van der Waals surface area contributed by atoms with Gasteiger partial charge in [0.2, 0.25) is 5.82 Å². The van der Waals surface area contributed by atoms with Gasteiger partial charge in [-0.1, -0.05) is 13.8 Å². The van der Waals surface area contributed by atoms with E-state index in [0.717, 1.165) is 19.4 Å². The fourth-order valence-corrected chi connectivity index (χ4v) is 2.71. The Balaban J connectivity index is 2.53. The smallest absolute Gasteiger partial charge is 0.334 e. The third-order valence-corrected chi connectivity index (χ3v) is 3.61. The van der Waals surface area contributed by atoms with E-state index in [0.29, 0.717) is 11.5 Å². The fourth-order valence-electron chi connectivity index (χ4n) is 2.71. The normalized spacial score (nSPS) is 19.4. The molecule has 1 fully saturated rings. The number of anilines is 1. The van der Waals surface area contributed by atoms with E-state index in [4.69, 9.17) is 0 Å². The van der Waals surface area contributed by atoms with Crippen molar-refractivity contribution in [2.24, 2.45) is 7.05 Å². The minimum Gasteiger partial charge on any atom is -0.394 e.